The summed E-state index contributed by atoms with van der Waals surface area (Å²) in [6.07, 6.45) is 3.21. The molecule has 2 heterocycles. The summed E-state index contributed by atoms with van der Waals surface area (Å²) in [7, 11) is 1.28. The molecule has 3 rings (SSSR count). The van der Waals surface area contributed by atoms with Crippen LogP contribution in [0.15, 0.2) is 15.3 Å². The normalized spacial score (nSPS) is 14.0. The van der Waals surface area contributed by atoms with Gasteiger partial charge in [-0.05, 0) is 25.8 Å². The number of nitrogens with zero attached hydrogens (tertiary/aromatic N) is 3. The van der Waals surface area contributed by atoms with Crippen molar-refractivity contribution in [1.29, 1.82) is 10.5 Å². The van der Waals surface area contributed by atoms with Gasteiger partial charge >= 0.3 is 5.97 Å². The fourth-order valence-electron chi connectivity index (χ4n) is 2.47. The number of hydrogen-bond donors (Lipinski definition) is 0. The van der Waals surface area contributed by atoms with Crippen LogP contribution in [0, 0.1) is 29.6 Å². The first-order valence-electron chi connectivity index (χ1n) is 7.46. The maximum atomic E-state index is 12.7. The molecule has 25 heavy (non-hydrogen) atoms. The van der Waals surface area contributed by atoms with Gasteiger partial charge in [-0.25, -0.2) is 4.79 Å². The standard InChI is InChI=1S/C17H13N3O4S/c1-9-13(17(22)23-2)5-12(24-9)6-14-15(21)20(11-3-4-11)16(25-14)10(7-18)8-19/h5-6,11H,3-4H2,1-2H3/b14-6+. The molecule has 2 aromatic heterocycles. The predicted molar refractivity (Wildman–Crippen MR) is 89.1 cm³/mol. The molecule has 0 amide bonds. The van der Waals surface area contributed by atoms with Gasteiger partial charge in [-0.2, -0.15) is 10.5 Å². The summed E-state index contributed by atoms with van der Waals surface area (Å²) < 4.78 is 12.4. The zero-order chi connectivity index (χ0) is 18.1. The average Bonchev–Trinajstić information content (AvgIpc) is 3.30. The highest BCUT2D eigenvalue weighted by Gasteiger charge is 2.27. The minimum atomic E-state index is -0.521. The molecule has 0 saturated heterocycles. The van der Waals surface area contributed by atoms with E-state index in [1.807, 2.05) is 12.1 Å². The Balaban J connectivity index is 2.22. The molecular weight excluding hydrogens is 342 g/mol. The zero-order valence-corrected chi connectivity index (χ0v) is 14.3. The number of aromatic nitrogens is 1. The van der Waals surface area contributed by atoms with Crippen molar-refractivity contribution in [3.63, 3.8) is 0 Å². The number of esters is 1. The van der Waals surface area contributed by atoms with Crippen molar-refractivity contribution in [3.8, 4) is 12.1 Å². The Bertz CT molecular complexity index is 1100. The summed E-state index contributed by atoms with van der Waals surface area (Å²) in [6.45, 7) is 1.63. The van der Waals surface area contributed by atoms with Crippen LogP contribution in [0.3, 0.4) is 0 Å². The number of thiazole rings is 1. The Morgan fingerprint density at radius 2 is 2.12 bits per heavy atom. The van der Waals surface area contributed by atoms with E-state index in [9.17, 15) is 9.59 Å². The Hall–Kier alpha value is -3.10. The lowest BCUT2D eigenvalue weighted by atomic mass is 10.2. The third-order valence-electron chi connectivity index (χ3n) is 3.82. The predicted octanol–water partition coefficient (Wildman–Crippen LogP) is 0.959. The number of methoxy groups -OCH3 is 1. The first-order valence-corrected chi connectivity index (χ1v) is 8.28. The van der Waals surface area contributed by atoms with E-state index in [1.54, 1.807) is 6.92 Å². The lowest BCUT2D eigenvalue weighted by Crippen LogP contribution is -2.31. The number of aryl methyl sites for hydroxylation is 1. The highest BCUT2D eigenvalue weighted by Crippen LogP contribution is 2.32. The van der Waals surface area contributed by atoms with Gasteiger partial charge in [-0.3, -0.25) is 9.36 Å². The van der Waals surface area contributed by atoms with Crippen LogP contribution < -0.4 is 14.8 Å². The Morgan fingerprint density at radius 1 is 1.44 bits per heavy atom. The van der Waals surface area contributed by atoms with E-state index in [0.717, 1.165) is 24.2 Å². The van der Waals surface area contributed by atoms with Gasteiger partial charge in [-0.1, -0.05) is 0 Å². The Labute approximate surface area is 146 Å². The van der Waals surface area contributed by atoms with Crippen molar-refractivity contribution < 1.29 is 13.9 Å². The summed E-state index contributed by atoms with van der Waals surface area (Å²) >= 11 is 1.07. The van der Waals surface area contributed by atoms with Crippen LogP contribution >= 0.6 is 11.3 Å². The molecule has 0 radical (unpaired) electrons. The van der Waals surface area contributed by atoms with Gasteiger partial charge in [0.15, 0.2) is 5.57 Å². The van der Waals surface area contributed by atoms with Gasteiger partial charge in [0.05, 0.1) is 11.6 Å². The lowest BCUT2D eigenvalue weighted by molar-refractivity contribution is 0.0599. The van der Waals surface area contributed by atoms with Crippen molar-refractivity contribution in [1.82, 2.24) is 4.57 Å². The van der Waals surface area contributed by atoms with E-state index >= 15 is 0 Å². The van der Waals surface area contributed by atoms with E-state index in [0.29, 0.717) is 20.7 Å². The smallest absolute Gasteiger partial charge is 0.341 e. The number of carbonyl (C=O) groups is 1. The van der Waals surface area contributed by atoms with Crippen molar-refractivity contribution in [3.05, 3.63) is 42.7 Å². The molecule has 1 aliphatic carbocycles. The number of furan rings is 1. The van der Waals surface area contributed by atoms with Crippen LogP contribution in [-0.2, 0) is 4.74 Å². The van der Waals surface area contributed by atoms with E-state index in [4.69, 9.17) is 14.9 Å². The van der Waals surface area contributed by atoms with Gasteiger partial charge in [0.2, 0.25) is 0 Å². The molecule has 8 heteroatoms. The average molecular weight is 355 g/mol. The molecule has 0 N–H and O–H groups in total. The first-order chi connectivity index (χ1) is 12.0. The van der Waals surface area contributed by atoms with Gasteiger partial charge in [0.25, 0.3) is 5.56 Å². The van der Waals surface area contributed by atoms with Crippen molar-refractivity contribution in [2.75, 3.05) is 7.11 Å². The summed E-state index contributed by atoms with van der Waals surface area (Å²) in [6, 6.07) is 5.21. The number of nitriles is 2. The quantitative estimate of drug-likeness (QED) is 0.759. The highest BCUT2D eigenvalue weighted by atomic mass is 32.1. The van der Waals surface area contributed by atoms with E-state index in [1.165, 1.54) is 23.8 Å². The second kappa shape index (κ2) is 6.42. The summed E-state index contributed by atoms with van der Waals surface area (Å²) in [5, 5.41) is 18.3. The topological polar surface area (TPSA) is 109 Å². The molecule has 2 aromatic rings. The zero-order valence-electron chi connectivity index (χ0n) is 13.5. The SMILES string of the molecule is COC(=O)c1cc(/C=c2/sc(=C(C#N)C#N)n(C3CC3)c2=O)oc1C. The molecule has 0 aliphatic heterocycles. The molecule has 126 valence electrons. The summed E-state index contributed by atoms with van der Waals surface area (Å²) in [5.74, 6) is 0.202. The van der Waals surface area contributed by atoms with E-state index < -0.39 is 5.97 Å². The third kappa shape index (κ3) is 3.00. The number of rotatable bonds is 3. The van der Waals surface area contributed by atoms with Crippen molar-refractivity contribution in [2.24, 2.45) is 0 Å². The fourth-order valence-corrected chi connectivity index (χ4v) is 3.57. The second-order valence-electron chi connectivity index (χ2n) is 5.53. The molecule has 1 saturated carbocycles. The Kier molecular flexibility index (Phi) is 4.30. The highest BCUT2D eigenvalue weighted by molar-refractivity contribution is 7.07. The van der Waals surface area contributed by atoms with Gasteiger partial charge in [0, 0.05) is 12.1 Å². The van der Waals surface area contributed by atoms with E-state index in [2.05, 4.69) is 4.74 Å². The number of carbonyl (C=O) groups excluding carboxylic acids is 1. The molecule has 0 aromatic carbocycles. The molecule has 1 aliphatic rings. The van der Waals surface area contributed by atoms with Crippen molar-refractivity contribution >= 4 is 29.0 Å². The molecule has 0 spiro atoms. The maximum absolute atomic E-state index is 12.7. The Morgan fingerprint density at radius 3 is 2.68 bits per heavy atom. The molecule has 0 bridgehead atoms. The van der Waals surface area contributed by atoms with Crippen LogP contribution in [-0.4, -0.2) is 17.6 Å². The fraction of sp³-hybridized carbons (Fsp3) is 0.294. The van der Waals surface area contributed by atoms with E-state index in [-0.39, 0.29) is 22.7 Å². The molecule has 0 atom stereocenters. The molecule has 1 fully saturated rings. The number of hydrogen-bond acceptors (Lipinski definition) is 7. The minimum absolute atomic E-state index is 0.0292. The van der Waals surface area contributed by atoms with Gasteiger partial charge < -0.3 is 9.15 Å². The van der Waals surface area contributed by atoms with Gasteiger partial charge in [0.1, 0.15) is 33.9 Å². The number of ether oxygens (including phenoxy) is 1. The van der Waals surface area contributed by atoms with Crippen LogP contribution in [0.1, 0.15) is 40.8 Å². The largest absolute Gasteiger partial charge is 0.465 e. The molecular formula is C17H13N3O4S. The summed E-state index contributed by atoms with van der Waals surface area (Å²) in [5.41, 5.74) is -0.0620. The van der Waals surface area contributed by atoms with Crippen molar-refractivity contribution in [2.45, 2.75) is 25.8 Å². The summed E-state index contributed by atoms with van der Waals surface area (Å²) in [4.78, 5) is 24.3. The molecule has 0 unspecified atom stereocenters. The monoisotopic (exact) mass is 355 g/mol. The van der Waals surface area contributed by atoms with Crippen LogP contribution in [0.5, 0.6) is 0 Å². The third-order valence-corrected chi connectivity index (χ3v) is 4.93. The maximum Gasteiger partial charge on any atom is 0.341 e. The van der Waals surface area contributed by atoms with Crippen LogP contribution in [0.25, 0.3) is 11.6 Å². The van der Waals surface area contributed by atoms with Gasteiger partial charge in [-0.15, -0.1) is 11.3 Å². The second-order valence-corrected chi connectivity index (χ2v) is 6.56. The minimum Gasteiger partial charge on any atom is -0.465 e. The first kappa shape index (κ1) is 16.7. The lowest BCUT2D eigenvalue weighted by Gasteiger charge is -1.95. The van der Waals surface area contributed by atoms with Crippen LogP contribution in [0.2, 0.25) is 0 Å². The van der Waals surface area contributed by atoms with Crippen LogP contribution in [0.4, 0.5) is 0 Å². The molecule has 7 nitrogen and oxygen atoms in total.